The van der Waals surface area contributed by atoms with Gasteiger partial charge >= 0.3 is 0 Å². The van der Waals surface area contributed by atoms with Gasteiger partial charge in [0.05, 0.1) is 10.6 Å². The number of aromatic nitrogens is 2. The van der Waals surface area contributed by atoms with Crippen molar-refractivity contribution in [1.82, 2.24) is 9.97 Å². The fourth-order valence-electron chi connectivity index (χ4n) is 1.76. The predicted octanol–water partition coefficient (Wildman–Crippen LogP) is 0.608. The summed E-state index contributed by atoms with van der Waals surface area (Å²) >= 11 is 0. The van der Waals surface area contributed by atoms with Crippen molar-refractivity contribution in [2.24, 2.45) is 0 Å². The molecule has 0 atom stereocenters. The molecular formula is C12H10N4O4S. The van der Waals surface area contributed by atoms with Crippen LogP contribution in [0.3, 0.4) is 0 Å². The number of nitrogens with one attached hydrogen (secondary N) is 2. The van der Waals surface area contributed by atoms with E-state index in [1.807, 2.05) is 0 Å². The van der Waals surface area contributed by atoms with Gasteiger partial charge in [0.1, 0.15) is 5.75 Å². The Kier molecular flexibility index (Phi) is 3.18. The Morgan fingerprint density at radius 3 is 2.76 bits per heavy atom. The lowest BCUT2D eigenvalue weighted by Gasteiger charge is -2.18. The summed E-state index contributed by atoms with van der Waals surface area (Å²) in [5.41, 5.74) is 0.308. The molecule has 2 N–H and O–H groups in total. The van der Waals surface area contributed by atoms with Crippen molar-refractivity contribution in [2.75, 3.05) is 16.6 Å². The third-order valence-electron chi connectivity index (χ3n) is 2.69. The zero-order valence-corrected chi connectivity index (χ0v) is 11.4. The van der Waals surface area contributed by atoms with Gasteiger partial charge < -0.3 is 10.1 Å². The van der Waals surface area contributed by atoms with Crippen LogP contribution in [0.4, 0.5) is 11.6 Å². The first-order valence-electron chi connectivity index (χ1n) is 5.91. The van der Waals surface area contributed by atoms with E-state index in [2.05, 4.69) is 20.0 Å². The normalized spacial score (nSPS) is 13.8. The van der Waals surface area contributed by atoms with Gasteiger partial charge in [0.2, 0.25) is 5.95 Å². The topological polar surface area (TPSA) is 110 Å². The predicted molar refractivity (Wildman–Crippen MR) is 73.4 cm³/mol. The van der Waals surface area contributed by atoms with Crippen LogP contribution in [0.2, 0.25) is 0 Å². The molecule has 0 radical (unpaired) electrons. The standard InChI is InChI=1S/C12H10N4O4S/c17-11-7-20-10-3-2-8(6-9(10)15-11)21(18,19)16-12-13-4-1-5-14-12/h1-6H,7H2,(H,15,17)(H,13,14,16). The molecule has 0 saturated carbocycles. The van der Waals surface area contributed by atoms with Gasteiger partial charge in [-0.05, 0) is 24.3 Å². The van der Waals surface area contributed by atoms with E-state index in [1.165, 1.54) is 30.6 Å². The minimum Gasteiger partial charge on any atom is -0.482 e. The van der Waals surface area contributed by atoms with E-state index in [0.717, 1.165) is 0 Å². The molecule has 2 aromatic rings. The highest BCUT2D eigenvalue weighted by Crippen LogP contribution is 2.30. The molecule has 0 bridgehead atoms. The van der Waals surface area contributed by atoms with Gasteiger partial charge in [-0.25, -0.2) is 23.1 Å². The first kappa shape index (κ1) is 13.3. The number of hydrogen-bond donors (Lipinski definition) is 2. The fourth-order valence-corrected chi connectivity index (χ4v) is 2.74. The molecule has 2 heterocycles. The van der Waals surface area contributed by atoms with Crippen molar-refractivity contribution < 1.29 is 17.9 Å². The number of rotatable bonds is 3. The lowest BCUT2D eigenvalue weighted by Crippen LogP contribution is -2.25. The number of fused-ring (bicyclic) bond motifs is 1. The molecule has 1 aliphatic heterocycles. The van der Waals surface area contributed by atoms with Crippen molar-refractivity contribution in [3.05, 3.63) is 36.7 Å². The second kappa shape index (κ2) is 5.02. The van der Waals surface area contributed by atoms with Crippen molar-refractivity contribution in [1.29, 1.82) is 0 Å². The Hall–Kier alpha value is -2.68. The van der Waals surface area contributed by atoms with Crippen LogP contribution in [0.15, 0.2) is 41.6 Å². The van der Waals surface area contributed by atoms with Crippen molar-refractivity contribution >= 4 is 27.6 Å². The number of hydrogen-bond acceptors (Lipinski definition) is 6. The molecule has 8 nitrogen and oxygen atoms in total. The second-order valence-corrected chi connectivity index (χ2v) is 5.86. The van der Waals surface area contributed by atoms with E-state index < -0.39 is 10.0 Å². The van der Waals surface area contributed by atoms with E-state index in [4.69, 9.17) is 4.74 Å². The van der Waals surface area contributed by atoms with Crippen LogP contribution in [-0.4, -0.2) is 30.9 Å². The van der Waals surface area contributed by atoms with Crippen LogP contribution >= 0.6 is 0 Å². The highest BCUT2D eigenvalue weighted by atomic mass is 32.2. The Morgan fingerprint density at radius 2 is 2.00 bits per heavy atom. The maximum Gasteiger partial charge on any atom is 0.264 e. The minimum atomic E-state index is -3.85. The molecule has 1 aromatic carbocycles. The zero-order valence-electron chi connectivity index (χ0n) is 10.6. The summed E-state index contributed by atoms with van der Waals surface area (Å²) in [5, 5.41) is 2.55. The smallest absolute Gasteiger partial charge is 0.264 e. The van der Waals surface area contributed by atoms with Gasteiger partial charge in [0.15, 0.2) is 6.61 Å². The molecule has 9 heteroatoms. The molecule has 0 fully saturated rings. The fraction of sp³-hybridized carbons (Fsp3) is 0.0833. The van der Waals surface area contributed by atoms with E-state index in [0.29, 0.717) is 11.4 Å². The van der Waals surface area contributed by atoms with Crippen LogP contribution in [0.25, 0.3) is 0 Å². The number of nitrogens with zero attached hydrogens (tertiary/aromatic N) is 2. The number of ether oxygens (including phenoxy) is 1. The number of benzene rings is 1. The van der Waals surface area contributed by atoms with Crippen LogP contribution in [0.1, 0.15) is 0 Å². The van der Waals surface area contributed by atoms with Gasteiger partial charge in [0, 0.05) is 12.4 Å². The largest absolute Gasteiger partial charge is 0.482 e. The number of sulfonamides is 1. The summed E-state index contributed by atoms with van der Waals surface area (Å²) in [4.78, 5) is 18.8. The molecule has 1 aliphatic rings. The summed E-state index contributed by atoms with van der Waals surface area (Å²) in [6.45, 7) is -0.0881. The Balaban J connectivity index is 1.93. The lowest BCUT2D eigenvalue weighted by molar-refractivity contribution is -0.118. The average molecular weight is 306 g/mol. The summed E-state index contributed by atoms with van der Waals surface area (Å²) in [6, 6.07) is 5.75. The lowest BCUT2D eigenvalue weighted by atomic mass is 10.2. The summed E-state index contributed by atoms with van der Waals surface area (Å²) in [5.74, 6) is 0.0522. The quantitative estimate of drug-likeness (QED) is 0.859. The van der Waals surface area contributed by atoms with Gasteiger partial charge in [-0.15, -0.1) is 0 Å². The highest BCUT2D eigenvalue weighted by Gasteiger charge is 2.21. The van der Waals surface area contributed by atoms with Gasteiger partial charge in [-0.2, -0.15) is 0 Å². The second-order valence-electron chi connectivity index (χ2n) is 4.17. The molecule has 1 amide bonds. The van der Waals surface area contributed by atoms with Gasteiger partial charge in [-0.3, -0.25) is 4.79 Å². The molecule has 108 valence electrons. The van der Waals surface area contributed by atoms with Crippen LogP contribution in [-0.2, 0) is 14.8 Å². The van der Waals surface area contributed by atoms with Gasteiger partial charge in [0.25, 0.3) is 15.9 Å². The Bertz CT molecular complexity index is 792. The van der Waals surface area contributed by atoms with E-state index in [9.17, 15) is 13.2 Å². The molecule has 0 unspecified atom stereocenters. The molecular weight excluding hydrogens is 296 g/mol. The Labute approximate surface area is 120 Å². The zero-order chi connectivity index (χ0) is 14.9. The number of carbonyl (C=O) groups excluding carboxylic acids is 1. The summed E-state index contributed by atoms with van der Waals surface area (Å²) < 4.78 is 31.9. The van der Waals surface area contributed by atoms with Crippen molar-refractivity contribution in [3.8, 4) is 5.75 Å². The monoisotopic (exact) mass is 306 g/mol. The van der Waals surface area contributed by atoms with Crippen LogP contribution < -0.4 is 14.8 Å². The molecule has 0 spiro atoms. The highest BCUT2D eigenvalue weighted by molar-refractivity contribution is 7.92. The van der Waals surface area contributed by atoms with Crippen molar-refractivity contribution in [3.63, 3.8) is 0 Å². The van der Waals surface area contributed by atoms with E-state index >= 15 is 0 Å². The average Bonchev–Trinajstić information content (AvgIpc) is 2.47. The first-order chi connectivity index (χ1) is 10.0. The van der Waals surface area contributed by atoms with E-state index in [1.54, 1.807) is 6.07 Å². The van der Waals surface area contributed by atoms with Crippen LogP contribution in [0.5, 0.6) is 5.75 Å². The third kappa shape index (κ3) is 2.77. The first-order valence-corrected chi connectivity index (χ1v) is 7.39. The summed E-state index contributed by atoms with van der Waals surface area (Å²) in [6.07, 6.45) is 2.84. The number of carbonyl (C=O) groups is 1. The Morgan fingerprint density at radius 1 is 1.24 bits per heavy atom. The van der Waals surface area contributed by atoms with Crippen LogP contribution in [0, 0.1) is 0 Å². The maximum absolute atomic E-state index is 12.2. The summed E-state index contributed by atoms with van der Waals surface area (Å²) in [7, 11) is -3.85. The molecule has 0 aliphatic carbocycles. The minimum absolute atomic E-state index is 0.0282. The van der Waals surface area contributed by atoms with E-state index in [-0.39, 0.29) is 23.4 Å². The SMILES string of the molecule is O=C1COc2ccc(S(=O)(=O)Nc3ncccn3)cc2N1. The molecule has 1 aromatic heterocycles. The molecule has 3 rings (SSSR count). The van der Waals surface area contributed by atoms with Crippen molar-refractivity contribution in [2.45, 2.75) is 4.90 Å². The van der Waals surface area contributed by atoms with Gasteiger partial charge in [-0.1, -0.05) is 0 Å². The third-order valence-corrected chi connectivity index (χ3v) is 4.01. The number of anilines is 2. The maximum atomic E-state index is 12.2. The molecule has 21 heavy (non-hydrogen) atoms. The molecule has 0 saturated heterocycles. The number of amides is 1.